The van der Waals surface area contributed by atoms with Gasteiger partial charge >= 0.3 is 0 Å². The van der Waals surface area contributed by atoms with Crippen molar-refractivity contribution in [2.24, 2.45) is 5.92 Å². The molecule has 0 bridgehead atoms. The Morgan fingerprint density at radius 3 is 2.43 bits per heavy atom. The van der Waals surface area contributed by atoms with Gasteiger partial charge in [-0.1, -0.05) is 17.4 Å². The first kappa shape index (κ1) is 26.1. The highest BCUT2D eigenvalue weighted by atomic mass is 32.1. The highest BCUT2D eigenvalue weighted by Gasteiger charge is 2.35. The van der Waals surface area contributed by atoms with Crippen LogP contribution in [0.3, 0.4) is 0 Å². The zero-order valence-corrected chi connectivity index (χ0v) is 21.9. The minimum absolute atomic E-state index is 0.00858. The van der Waals surface area contributed by atoms with E-state index in [0.29, 0.717) is 40.8 Å². The largest absolute Gasteiger partial charge is 0.493 e. The molecule has 11 heteroatoms. The molecule has 0 radical (unpaired) electrons. The Morgan fingerprint density at radius 1 is 1.05 bits per heavy atom. The average molecular weight is 524 g/mol. The van der Waals surface area contributed by atoms with Gasteiger partial charge in [-0.2, -0.15) is 0 Å². The predicted molar refractivity (Wildman–Crippen MR) is 140 cm³/mol. The Bertz CT molecular complexity index is 1290. The molecule has 0 aliphatic carbocycles. The number of methoxy groups -OCH3 is 2. The Labute approximate surface area is 219 Å². The Morgan fingerprint density at radius 2 is 1.78 bits per heavy atom. The molecule has 0 saturated carbocycles. The van der Waals surface area contributed by atoms with Crippen LogP contribution in [-0.2, 0) is 16.0 Å². The van der Waals surface area contributed by atoms with E-state index in [1.807, 2.05) is 32.0 Å². The van der Waals surface area contributed by atoms with Crippen molar-refractivity contribution in [1.29, 1.82) is 0 Å². The first-order valence-electron chi connectivity index (χ1n) is 11.8. The maximum Gasteiger partial charge on any atom is 0.257 e. The van der Waals surface area contributed by atoms with E-state index < -0.39 is 0 Å². The molecule has 1 atom stereocenters. The summed E-state index contributed by atoms with van der Waals surface area (Å²) >= 11 is 1.29. The third kappa shape index (κ3) is 6.23. The maximum atomic E-state index is 12.7. The molecule has 1 fully saturated rings. The van der Waals surface area contributed by atoms with Crippen molar-refractivity contribution in [2.45, 2.75) is 32.7 Å². The van der Waals surface area contributed by atoms with Gasteiger partial charge in [-0.05, 0) is 55.8 Å². The molecule has 37 heavy (non-hydrogen) atoms. The van der Waals surface area contributed by atoms with Crippen molar-refractivity contribution in [3.8, 4) is 11.5 Å². The number of carbonyl (C=O) groups excluding carboxylic acids is 3. The molecule has 0 spiro atoms. The van der Waals surface area contributed by atoms with Gasteiger partial charge in [-0.15, -0.1) is 10.2 Å². The summed E-state index contributed by atoms with van der Waals surface area (Å²) < 4.78 is 10.6. The summed E-state index contributed by atoms with van der Waals surface area (Å²) in [5, 5.41) is 15.0. The van der Waals surface area contributed by atoms with Crippen LogP contribution in [0.25, 0.3) is 0 Å². The fraction of sp³-hybridized carbons (Fsp3) is 0.346. The lowest BCUT2D eigenvalue weighted by Gasteiger charge is -2.20. The third-order valence-corrected chi connectivity index (χ3v) is 6.90. The molecule has 10 nitrogen and oxygen atoms in total. The Hall–Kier alpha value is -3.99. The minimum atomic E-state index is -0.386. The van der Waals surface area contributed by atoms with Crippen molar-refractivity contribution in [2.75, 3.05) is 31.4 Å². The van der Waals surface area contributed by atoms with Crippen molar-refractivity contribution >= 4 is 39.9 Å². The monoisotopic (exact) mass is 523 g/mol. The third-order valence-electron chi connectivity index (χ3n) is 6.06. The highest BCUT2D eigenvalue weighted by molar-refractivity contribution is 7.15. The number of aromatic nitrogens is 2. The molecule has 2 heterocycles. The lowest BCUT2D eigenvalue weighted by molar-refractivity contribution is -0.129. The van der Waals surface area contributed by atoms with Gasteiger partial charge in [0.15, 0.2) is 11.5 Å². The van der Waals surface area contributed by atoms with Gasteiger partial charge in [-0.25, -0.2) is 0 Å². The number of amides is 3. The molecule has 1 unspecified atom stereocenters. The van der Waals surface area contributed by atoms with Gasteiger partial charge in [0.2, 0.25) is 16.9 Å². The van der Waals surface area contributed by atoms with Crippen LogP contribution >= 0.6 is 11.3 Å². The second-order valence-corrected chi connectivity index (χ2v) is 9.99. The Balaban J connectivity index is 1.32. The van der Waals surface area contributed by atoms with E-state index in [9.17, 15) is 14.4 Å². The van der Waals surface area contributed by atoms with Crippen molar-refractivity contribution in [3.05, 3.63) is 58.6 Å². The molecular formula is C26H29N5O5S. The SMILES string of the molecule is COc1ccc(Cc2nnc(NC(=O)c3ccc(NC(=O)C4CC(=O)N(C(C)C)C4)cc3)s2)cc1OC. The molecule has 3 amide bonds. The summed E-state index contributed by atoms with van der Waals surface area (Å²) in [6.45, 7) is 4.28. The molecule has 1 aliphatic heterocycles. The summed E-state index contributed by atoms with van der Waals surface area (Å²) in [5.41, 5.74) is 1.95. The lowest BCUT2D eigenvalue weighted by atomic mass is 10.1. The van der Waals surface area contributed by atoms with E-state index in [1.54, 1.807) is 43.4 Å². The fourth-order valence-electron chi connectivity index (χ4n) is 4.07. The smallest absolute Gasteiger partial charge is 0.257 e. The summed E-state index contributed by atoms with van der Waals surface area (Å²) in [6.07, 6.45) is 0.740. The molecule has 1 aromatic heterocycles. The number of benzene rings is 2. The van der Waals surface area contributed by atoms with Crippen molar-refractivity contribution < 1.29 is 23.9 Å². The van der Waals surface area contributed by atoms with Gasteiger partial charge in [-0.3, -0.25) is 19.7 Å². The van der Waals surface area contributed by atoms with Gasteiger partial charge in [0.1, 0.15) is 5.01 Å². The average Bonchev–Trinajstić information content (AvgIpc) is 3.50. The van der Waals surface area contributed by atoms with Gasteiger partial charge in [0.25, 0.3) is 5.91 Å². The first-order valence-corrected chi connectivity index (χ1v) is 12.6. The fourth-order valence-corrected chi connectivity index (χ4v) is 4.83. The highest BCUT2D eigenvalue weighted by Crippen LogP contribution is 2.29. The number of ether oxygens (including phenoxy) is 2. The molecule has 2 aromatic carbocycles. The zero-order valence-electron chi connectivity index (χ0n) is 21.1. The van der Waals surface area contributed by atoms with Crippen LogP contribution in [0, 0.1) is 5.92 Å². The first-order chi connectivity index (χ1) is 17.8. The van der Waals surface area contributed by atoms with Crippen molar-refractivity contribution in [1.82, 2.24) is 15.1 Å². The number of nitrogens with one attached hydrogen (secondary N) is 2. The van der Waals surface area contributed by atoms with E-state index in [2.05, 4.69) is 20.8 Å². The molecule has 3 aromatic rings. The summed E-state index contributed by atoms with van der Waals surface area (Å²) in [7, 11) is 3.17. The van der Waals surface area contributed by atoms with E-state index in [1.165, 1.54) is 11.3 Å². The quantitative estimate of drug-likeness (QED) is 0.439. The van der Waals surface area contributed by atoms with E-state index >= 15 is 0 Å². The number of carbonyl (C=O) groups is 3. The number of hydrogen-bond donors (Lipinski definition) is 2. The maximum absolute atomic E-state index is 12.7. The van der Waals surface area contributed by atoms with Gasteiger partial charge in [0, 0.05) is 36.7 Å². The van der Waals surface area contributed by atoms with Gasteiger partial charge in [0.05, 0.1) is 20.1 Å². The molecule has 2 N–H and O–H groups in total. The number of rotatable bonds is 9. The van der Waals surface area contributed by atoms with Crippen LogP contribution in [0.15, 0.2) is 42.5 Å². The van der Waals surface area contributed by atoms with Gasteiger partial charge < -0.3 is 19.7 Å². The second-order valence-electron chi connectivity index (χ2n) is 8.93. The number of nitrogens with zero attached hydrogens (tertiary/aromatic N) is 3. The normalized spacial score (nSPS) is 15.1. The molecule has 1 aliphatic rings. The van der Waals surface area contributed by atoms with Crippen LogP contribution < -0.4 is 20.1 Å². The second kappa shape index (κ2) is 11.4. The van der Waals surface area contributed by atoms with Crippen LogP contribution in [0.4, 0.5) is 10.8 Å². The van der Waals surface area contributed by atoms with E-state index in [0.717, 1.165) is 10.6 Å². The molecular weight excluding hydrogens is 494 g/mol. The standard InChI is InChI=1S/C26H29N5O5S/c1-15(2)31-14-18(13-23(31)32)25(34)27-19-8-6-17(7-9-19)24(33)28-26-30-29-22(37-26)12-16-5-10-20(35-3)21(11-16)36-4/h5-11,15,18H,12-14H2,1-4H3,(H,27,34)(H,28,30,33). The number of likely N-dealkylation sites (tertiary alicyclic amines) is 1. The van der Waals surface area contributed by atoms with E-state index in [4.69, 9.17) is 9.47 Å². The molecule has 1 saturated heterocycles. The number of hydrogen-bond acceptors (Lipinski definition) is 8. The minimum Gasteiger partial charge on any atom is -0.493 e. The predicted octanol–water partition coefficient (Wildman–Crippen LogP) is 3.59. The molecule has 4 rings (SSSR count). The Kier molecular flexibility index (Phi) is 8.02. The topological polar surface area (TPSA) is 123 Å². The van der Waals surface area contributed by atoms with E-state index in [-0.39, 0.29) is 36.1 Å². The lowest BCUT2D eigenvalue weighted by Crippen LogP contribution is -2.33. The summed E-state index contributed by atoms with van der Waals surface area (Å²) in [6, 6.07) is 12.3. The van der Waals surface area contributed by atoms with Crippen LogP contribution in [0.5, 0.6) is 11.5 Å². The zero-order chi connectivity index (χ0) is 26.5. The van der Waals surface area contributed by atoms with Crippen LogP contribution in [0.2, 0.25) is 0 Å². The number of anilines is 2. The van der Waals surface area contributed by atoms with Crippen molar-refractivity contribution in [3.63, 3.8) is 0 Å². The van der Waals surface area contributed by atoms with Crippen LogP contribution in [-0.4, -0.2) is 59.6 Å². The summed E-state index contributed by atoms with van der Waals surface area (Å²) in [4.78, 5) is 39.1. The summed E-state index contributed by atoms with van der Waals surface area (Å²) in [5.74, 6) is 0.347. The molecule has 194 valence electrons. The van der Waals surface area contributed by atoms with Crippen LogP contribution in [0.1, 0.15) is 41.2 Å².